The number of alkyl halides is 6. The van der Waals surface area contributed by atoms with Crippen molar-refractivity contribution in [3.63, 3.8) is 0 Å². The van der Waals surface area contributed by atoms with E-state index in [0.717, 1.165) is 16.7 Å². The standard InChI is InChI=1S/3C25H27ClF2N4O4/c3*1-12-5-7-15(9-16(12)26)30-21(34)19-14(3)18(17-8-6-13(2)32(17)19)20(33)22(35)31-24(23(36)29-4)10-25(27,28)11-24/h3*5,7,9,13H,6,8,10-11H2,1-4H3,(H,29,36)(H,30,34)(H,31,35)/t2*13-;/m10./s1. The molecule has 3 saturated carbocycles. The smallest absolute Gasteiger partial charge is 0.293 e. The second kappa shape index (κ2) is 30.0. The number of aromatic nitrogens is 3. The number of fused-ring (bicyclic) bond motifs is 3. The number of rotatable bonds is 18. The molecule has 576 valence electrons. The third-order valence-electron chi connectivity index (χ3n) is 21.0. The number of nitrogens with one attached hydrogen (secondary N) is 9. The molecule has 108 heavy (non-hydrogen) atoms. The summed E-state index contributed by atoms with van der Waals surface area (Å²) in [6.45, 7) is 15.9. The fraction of sp³-hybridized carbons (Fsp3) is 0.440. The number of amides is 9. The number of hydrogen-bond acceptors (Lipinski definition) is 12. The fourth-order valence-electron chi connectivity index (χ4n) is 15.5. The first-order valence-electron chi connectivity index (χ1n) is 34.7. The van der Waals surface area contributed by atoms with Gasteiger partial charge in [0.25, 0.3) is 70.6 Å². The van der Waals surface area contributed by atoms with Crippen LogP contribution in [-0.2, 0) is 48.0 Å². The van der Waals surface area contributed by atoms with Crippen LogP contribution in [0.25, 0.3) is 0 Å². The second-order valence-electron chi connectivity index (χ2n) is 28.9. The molecule has 24 nitrogen and oxygen atoms in total. The molecular formula is C75H81Cl3F6N12O12. The molecule has 0 saturated heterocycles. The molecule has 0 bridgehead atoms. The summed E-state index contributed by atoms with van der Waals surface area (Å²) in [5, 5.41) is 23.4. The van der Waals surface area contributed by atoms with Crippen LogP contribution < -0.4 is 47.9 Å². The molecule has 6 aliphatic rings. The quantitative estimate of drug-likeness (QED) is 0.0220. The van der Waals surface area contributed by atoms with Gasteiger partial charge in [0.2, 0.25) is 17.7 Å². The third-order valence-corrected chi connectivity index (χ3v) is 22.2. The molecule has 12 rings (SSSR count). The van der Waals surface area contributed by atoms with E-state index in [-0.39, 0.29) is 51.9 Å². The minimum atomic E-state index is -3.12. The van der Waals surface area contributed by atoms with Crippen LogP contribution in [0.3, 0.4) is 0 Å². The maximum atomic E-state index is 13.6. The average Bonchev–Trinajstić information content (AvgIpc) is 1.52. The van der Waals surface area contributed by atoms with Gasteiger partial charge in [-0.05, 0) is 171 Å². The Bertz CT molecular complexity index is 4360. The van der Waals surface area contributed by atoms with E-state index in [0.29, 0.717) is 104 Å². The van der Waals surface area contributed by atoms with E-state index in [1.54, 1.807) is 89.1 Å². The molecule has 3 fully saturated rings. The first-order valence-corrected chi connectivity index (χ1v) is 35.9. The van der Waals surface area contributed by atoms with Gasteiger partial charge in [0.1, 0.15) is 33.7 Å². The summed E-state index contributed by atoms with van der Waals surface area (Å²) in [4.78, 5) is 155. The van der Waals surface area contributed by atoms with Crippen molar-refractivity contribution in [2.24, 2.45) is 0 Å². The van der Waals surface area contributed by atoms with Crippen LogP contribution in [0.4, 0.5) is 43.4 Å². The van der Waals surface area contributed by atoms with Crippen molar-refractivity contribution in [3.05, 3.63) is 154 Å². The normalized spacial score (nSPS) is 19.1. The summed E-state index contributed by atoms with van der Waals surface area (Å²) in [7, 11) is 3.81. The number of aryl methyl sites for hydroxylation is 3. The molecule has 33 heteroatoms. The molecule has 6 aromatic rings. The predicted molar refractivity (Wildman–Crippen MR) is 389 cm³/mol. The number of ketones is 3. The second-order valence-corrected chi connectivity index (χ2v) is 30.1. The average molecular weight is 1560 g/mol. The highest BCUT2D eigenvalue weighted by Crippen LogP contribution is 2.49. The highest BCUT2D eigenvalue weighted by atomic mass is 35.5. The third kappa shape index (κ3) is 15.2. The Labute approximate surface area is 631 Å². The van der Waals surface area contributed by atoms with Crippen LogP contribution in [0.1, 0.15) is 210 Å². The topological polar surface area (TPSA) is 328 Å². The predicted octanol–water partition coefficient (Wildman–Crippen LogP) is 11.2. The summed E-state index contributed by atoms with van der Waals surface area (Å²) in [5.41, 5.74) is 1.76. The van der Waals surface area contributed by atoms with Crippen molar-refractivity contribution in [1.82, 2.24) is 45.6 Å². The molecule has 9 N–H and O–H groups in total. The van der Waals surface area contributed by atoms with Crippen molar-refractivity contribution < 1.29 is 83.9 Å². The van der Waals surface area contributed by atoms with Gasteiger partial charge in [-0.2, -0.15) is 0 Å². The molecule has 0 radical (unpaired) electrons. The van der Waals surface area contributed by atoms with E-state index >= 15 is 0 Å². The lowest BCUT2D eigenvalue weighted by molar-refractivity contribution is -0.164. The SMILES string of the molecule is CNC(=O)C1(NC(=O)C(=O)c2c(C)c(C(=O)Nc3ccc(C)c(Cl)c3)n3c2CCC3C)CC(F)(F)C1.CNC(=O)C1(NC(=O)C(=O)c2c(C)c(C(=O)Nc3ccc(C)c(Cl)c3)n3c2CC[C@@H]3C)CC(F)(F)C1.CNC(=O)C1(NC(=O)C(=O)c2c(C)c(C(=O)Nc3ccc(C)c(Cl)c3)n3c2CC[C@H]3C)CC(F)(F)C1. The van der Waals surface area contributed by atoms with Crippen molar-refractivity contribution in [2.45, 2.75) is 192 Å². The van der Waals surface area contributed by atoms with Gasteiger partial charge in [0.15, 0.2) is 0 Å². The molecular weight excluding hydrogens is 1480 g/mol. The highest BCUT2D eigenvalue weighted by Gasteiger charge is 2.64. The zero-order chi connectivity index (χ0) is 79.7. The number of hydrogen-bond donors (Lipinski definition) is 9. The molecule has 3 aliphatic carbocycles. The van der Waals surface area contributed by atoms with Crippen molar-refractivity contribution in [1.29, 1.82) is 0 Å². The number of nitrogens with zero attached hydrogens (tertiary/aromatic N) is 3. The highest BCUT2D eigenvalue weighted by molar-refractivity contribution is 6.46. The molecule has 6 heterocycles. The molecule has 3 aromatic heterocycles. The van der Waals surface area contributed by atoms with Crippen LogP contribution in [-0.4, -0.2) is 140 Å². The Kier molecular flexibility index (Phi) is 22.4. The van der Waals surface area contributed by atoms with Gasteiger partial charge < -0.3 is 61.6 Å². The minimum absolute atomic E-state index is 0.0575. The van der Waals surface area contributed by atoms with Gasteiger partial charge in [-0.1, -0.05) is 53.0 Å². The molecule has 3 atom stereocenters. The Morgan fingerprint density at radius 3 is 0.796 bits per heavy atom. The fourth-order valence-corrected chi connectivity index (χ4v) is 16.1. The summed E-state index contributed by atoms with van der Waals surface area (Å²) in [6.07, 6.45) is -2.02. The number of benzene rings is 3. The lowest BCUT2D eigenvalue weighted by Gasteiger charge is -2.45. The number of anilines is 3. The van der Waals surface area contributed by atoms with Gasteiger partial charge in [-0.15, -0.1) is 0 Å². The summed E-state index contributed by atoms with van der Waals surface area (Å²) >= 11 is 18.5. The minimum Gasteiger partial charge on any atom is -0.357 e. The van der Waals surface area contributed by atoms with Crippen molar-refractivity contribution in [2.75, 3.05) is 37.1 Å². The zero-order valence-electron chi connectivity index (χ0n) is 61.1. The van der Waals surface area contributed by atoms with E-state index in [9.17, 15) is 83.9 Å². The van der Waals surface area contributed by atoms with Gasteiger partial charge in [-0.25, -0.2) is 26.3 Å². The number of Topliss-reactive ketones (excluding diaryl/α,β-unsaturated/α-hetero) is 3. The molecule has 3 aliphatic heterocycles. The van der Waals surface area contributed by atoms with Gasteiger partial charge in [0, 0.05) is 127 Å². The van der Waals surface area contributed by atoms with E-state index in [1.165, 1.54) is 21.1 Å². The Morgan fingerprint density at radius 1 is 0.380 bits per heavy atom. The van der Waals surface area contributed by atoms with Crippen molar-refractivity contribution >= 4 is 122 Å². The molecule has 3 aromatic carbocycles. The van der Waals surface area contributed by atoms with E-state index in [1.807, 2.05) is 41.5 Å². The van der Waals surface area contributed by atoms with E-state index in [2.05, 4.69) is 47.9 Å². The Hall–Kier alpha value is -9.81. The Morgan fingerprint density at radius 2 is 0.602 bits per heavy atom. The summed E-state index contributed by atoms with van der Waals surface area (Å²) in [6, 6.07) is 15.0. The number of halogens is 9. The van der Waals surface area contributed by atoms with E-state index < -0.39 is 143 Å². The lowest BCUT2D eigenvalue weighted by atomic mass is 9.72. The van der Waals surface area contributed by atoms with Gasteiger partial charge >= 0.3 is 0 Å². The molecule has 1 unspecified atom stereocenters. The van der Waals surface area contributed by atoms with Crippen LogP contribution >= 0.6 is 34.8 Å². The molecule has 9 amide bonds. The van der Waals surface area contributed by atoms with Crippen LogP contribution in [0, 0.1) is 41.5 Å². The van der Waals surface area contributed by atoms with Gasteiger partial charge in [0.05, 0.1) is 16.7 Å². The molecule has 0 spiro atoms. The zero-order valence-corrected chi connectivity index (χ0v) is 63.3. The first kappa shape index (κ1) is 80.7. The Balaban J connectivity index is 0.000000173. The maximum Gasteiger partial charge on any atom is 0.293 e. The van der Waals surface area contributed by atoms with Crippen molar-refractivity contribution in [3.8, 4) is 0 Å². The number of likely N-dealkylation sites (N-methyl/N-ethyl adjacent to an activating group) is 3. The number of carbonyl (C=O) groups is 12. The monoisotopic (exact) mass is 1560 g/mol. The van der Waals surface area contributed by atoms with Crippen LogP contribution in [0.2, 0.25) is 15.1 Å². The largest absolute Gasteiger partial charge is 0.357 e. The summed E-state index contributed by atoms with van der Waals surface area (Å²) in [5.74, 6) is -19.5. The first-order chi connectivity index (χ1) is 50.4. The number of carbonyl (C=O) groups excluding carboxylic acids is 12. The van der Waals surface area contributed by atoms with Gasteiger partial charge in [-0.3, -0.25) is 57.5 Å². The summed E-state index contributed by atoms with van der Waals surface area (Å²) < 4.78 is 87.1. The lowest BCUT2D eigenvalue weighted by Crippen LogP contribution is -2.69. The van der Waals surface area contributed by atoms with E-state index in [4.69, 9.17) is 34.8 Å². The van der Waals surface area contributed by atoms with Crippen LogP contribution in [0.5, 0.6) is 0 Å². The maximum absolute atomic E-state index is 13.6. The van der Waals surface area contributed by atoms with Crippen LogP contribution in [0.15, 0.2) is 54.6 Å².